The molecule has 0 heterocycles. The molecule has 0 saturated carbocycles. The van der Waals surface area contributed by atoms with Crippen molar-refractivity contribution in [3.05, 3.63) is 107 Å². The van der Waals surface area contributed by atoms with E-state index in [0.717, 1.165) is 12.8 Å². The maximum absolute atomic E-state index is 11.4. The molecule has 0 fully saturated rings. The Morgan fingerprint density at radius 3 is 1.80 bits per heavy atom. The Balaban J connectivity index is 1.76. The molecule has 0 aliphatic rings. The second kappa shape index (κ2) is 8.27. The summed E-state index contributed by atoms with van der Waals surface area (Å²) in [5, 5.41) is 8.69. The quantitative estimate of drug-likeness (QED) is 0.513. The van der Waals surface area contributed by atoms with E-state index < -0.39 is 5.91 Å². The van der Waals surface area contributed by atoms with Crippen molar-refractivity contribution < 1.29 is 10.0 Å². The number of rotatable bonds is 6. The van der Waals surface area contributed by atoms with Crippen LogP contribution < -0.4 is 5.48 Å². The van der Waals surface area contributed by atoms with Gasteiger partial charge in [0, 0.05) is 11.5 Å². The Hall–Kier alpha value is -2.91. The highest BCUT2D eigenvalue weighted by Gasteiger charge is 2.14. The molecular weight excluding hydrogens is 310 g/mol. The number of hydrogen-bond acceptors (Lipinski definition) is 2. The molecule has 0 spiro atoms. The summed E-state index contributed by atoms with van der Waals surface area (Å²) >= 11 is 0. The Bertz CT molecular complexity index is 759. The molecule has 0 radical (unpaired) electrons. The number of carbonyl (C=O) groups is 1. The van der Waals surface area contributed by atoms with E-state index in [2.05, 4.69) is 48.5 Å². The summed E-state index contributed by atoms with van der Waals surface area (Å²) in [5.74, 6) is -0.152. The van der Waals surface area contributed by atoms with Gasteiger partial charge in [0.15, 0.2) is 0 Å². The number of aryl methyl sites for hydroxylation is 1. The first kappa shape index (κ1) is 16.9. The van der Waals surface area contributed by atoms with Crippen molar-refractivity contribution in [1.29, 1.82) is 0 Å². The molecule has 3 rings (SSSR count). The van der Waals surface area contributed by atoms with Crippen LogP contribution in [0.5, 0.6) is 0 Å². The molecule has 3 aromatic rings. The van der Waals surface area contributed by atoms with E-state index in [-0.39, 0.29) is 0 Å². The van der Waals surface area contributed by atoms with Gasteiger partial charge in [0.05, 0.1) is 0 Å². The lowest BCUT2D eigenvalue weighted by Crippen LogP contribution is -2.18. The molecule has 0 bridgehead atoms. The molecule has 0 unspecified atom stereocenters. The van der Waals surface area contributed by atoms with Crippen molar-refractivity contribution in [2.75, 3.05) is 0 Å². The van der Waals surface area contributed by atoms with Crippen molar-refractivity contribution >= 4 is 5.91 Å². The second-order valence-corrected chi connectivity index (χ2v) is 6.05. The molecule has 126 valence electrons. The summed E-state index contributed by atoms with van der Waals surface area (Å²) in [6.45, 7) is 0. The number of benzene rings is 3. The molecule has 1 amide bonds. The first-order valence-corrected chi connectivity index (χ1v) is 8.41. The predicted molar refractivity (Wildman–Crippen MR) is 98.7 cm³/mol. The second-order valence-electron chi connectivity index (χ2n) is 6.05. The van der Waals surface area contributed by atoms with E-state index in [1.807, 2.05) is 24.3 Å². The van der Waals surface area contributed by atoms with E-state index in [4.69, 9.17) is 5.21 Å². The Morgan fingerprint density at radius 2 is 1.32 bits per heavy atom. The number of amides is 1. The molecule has 3 nitrogen and oxygen atoms in total. The van der Waals surface area contributed by atoms with E-state index >= 15 is 0 Å². The Labute approximate surface area is 147 Å². The maximum Gasteiger partial charge on any atom is 0.274 e. The number of hydrogen-bond donors (Lipinski definition) is 2. The van der Waals surface area contributed by atoms with Gasteiger partial charge < -0.3 is 0 Å². The smallest absolute Gasteiger partial charge is 0.274 e. The van der Waals surface area contributed by atoms with Crippen LogP contribution in [0.15, 0.2) is 84.9 Å². The topological polar surface area (TPSA) is 49.3 Å². The van der Waals surface area contributed by atoms with Crippen molar-refractivity contribution in [3.8, 4) is 0 Å². The first-order chi connectivity index (χ1) is 12.3. The third-order valence-corrected chi connectivity index (χ3v) is 4.44. The van der Waals surface area contributed by atoms with Crippen molar-refractivity contribution in [2.45, 2.75) is 18.8 Å². The molecule has 3 aromatic carbocycles. The van der Waals surface area contributed by atoms with Gasteiger partial charge in [0.1, 0.15) is 0 Å². The summed E-state index contributed by atoms with van der Waals surface area (Å²) < 4.78 is 0. The zero-order chi connectivity index (χ0) is 17.5. The zero-order valence-electron chi connectivity index (χ0n) is 13.9. The predicted octanol–water partition coefficient (Wildman–Crippen LogP) is 4.57. The van der Waals surface area contributed by atoms with E-state index in [1.165, 1.54) is 16.7 Å². The first-order valence-electron chi connectivity index (χ1n) is 8.41. The highest BCUT2D eigenvalue weighted by atomic mass is 16.5. The van der Waals surface area contributed by atoms with Gasteiger partial charge in [0.25, 0.3) is 5.91 Å². The average Bonchev–Trinajstić information content (AvgIpc) is 2.70. The van der Waals surface area contributed by atoms with Crippen LogP contribution in [-0.4, -0.2) is 11.1 Å². The van der Waals surface area contributed by atoms with Gasteiger partial charge in [-0.25, -0.2) is 5.48 Å². The Kier molecular flexibility index (Phi) is 5.60. The van der Waals surface area contributed by atoms with Crippen molar-refractivity contribution in [2.24, 2.45) is 0 Å². The minimum absolute atomic E-state index is 0.336. The average molecular weight is 331 g/mol. The van der Waals surface area contributed by atoms with Crippen LogP contribution in [-0.2, 0) is 6.42 Å². The number of carbonyl (C=O) groups excluding carboxylic acids is 1. The highest BCUT2D eigenvalue weighted by molar-refractivity contribution is 5.93. The molecule has 2 N–H and O–H groups in total. The van der Waals surface area contributed by atoms with Crippen LogP contribution >= 0.6 is 0 Å². The minimum Gasteiger partial charge on any atom is -0.288 e. The van der Waals surface area contributed by atoms with Gasteiger partial charge in [-0.2, -0.15) is 0 Å². The fourth-order valence-electron chi connectivity index (χ4n) is 3.09. The lowest BCUT2D eigenvalue weighted by molar-refractivity contribution is 0.0706. The fraction of sp³-hybridized carbons (Fsp3) is 0.136. The lowest BCUT2D eigenvalue weighted by atomic mass is 9.86. The normalized spacial score (nSPS) is 10.6. The minimum atomic E-state index is -0.488. The summed E-state index contributed by atoms with van der Waals surface area (Å²) in [4.78, 5) is 11.4. The van der Waals surface area contributed by atoms with Gasteiger partial charge in [-0.15, -0.1) is 0 Å². The molecule has 0 atom stereocenters. The van der Waals surface area contributed by atoms with Crippen LogP contribution in [0.2, 0.25) is 0 Å². The third kappa shape index (κ3) is 4.34. The number of hydroxylamine groups is 1. The van der Waals surface area contributed by atoms with Gasteiger partial charge in [-0.05, 0) is 41.7 Å². The lowest BCUT2D eigenvalue weighted by Gasteiger charge is -2.18. The summed E-state index contributed by atoms with van der Waals surface area (Å²) in [5.41, 5.74) is 5.90. The van der Waals surface area contributed by atoms with E-state index in [1.54, 1.807) is 17.6 Å². The van der Waals surface area contributed by atoms with Crippen molar-refractivity contribution in [1.82, 2.24) is 5.48 Å². The molecule has 3 heteroatoms. The monoisotopic (exact) mass is 331 g/mol. The number of nitrogens with one attached hydrogen (secondary N) is 1. The van der Waals surface area contributed by atoms with Gasteiger partial charge in [0.2, 0.25) is 0 Å². The molecule has 0 saturated heterocycles. The van der Waals surface area contributed by atoms with Crippen LogP contribution in [0.4, 0.5) is 0 Å². The van der Waals surface area contributed by atoms with E-state index in [0.29, 0.717) is 11.5 Å². The zero-order valence-corrected chi connectivity index (χ0v) is 13.9. The van der Waals surface area contributed by atoms with Crippen LogP contribution in [0.1, 0.15) is 39.4 Å². The third-order valence-electron chi connectivity index (χ3n) is 4.44. The van der Waals surface area contributed by atoms with Gasteiger partial charge >= 0.3 is 0 Å². The molecule has 25 heavy (non-hydrogen) atoms. The van der Waals surface area contributed by atoms with Gasteiger partial charge in [-0.3, -0.25) is 10.0 Å². The summed E-state index contributed by atoms with van der Waals surface area (Å²) in [6.07, 6.45) is 1.90. The summed E-state index contributed by atoms with van der Waals surface area (Å²) in [7, 11) is 0. The molecule has 0 aliphatic carbocycles. The maximum atomic E-state index is 11.4. The standard InChI is InChI=1S/C22H21NO2/c24-22(23-25)20-14-11-17(12-15-20)13-16-21(18-7-3-1-4-8-18)19-9-5-2-6-10-19/h1-12,14-15,21,25H,13,16H2,(H,23,24). The largest absolute Gasteiger partial charge is 0.288 e. The molecule has 0 aromatic heterocycles. The fourth-order valence-corrected chi connectivity index (χ4v) is 3.09. The van der Waals surface area contributed by atoms with Gasteiger partial charge in [-0.1, -0.05) is 72.8 Å². The van der Waals surface area contributed by atoms with E-state index in [9.17, 15) is 4.79 Å². The molecule has 0 aliphatic heterocycles. The van der Waals surface area contributed by atoms with Crippen LogP contribution in [0.3, 0.4) is 0 Å². The van der Waals surface area contributed by atoms with Crippen LogP contribution in [0.25, 0.3) is 0 Å². The molecular formula is C22H21NO2. The van der Waals surface area contributed by atoms with Crippen molar-refractivity contribution in [3.63, 3.8) is 0 Å². The highest BCUT2D eigenvalue weighted by Crippen LogP contribution is 2.29. The SMILES string of the molecule is O=C(NO)c1ccc(CCC(c2ccccc2)c2ccccc2)cc1. The Morgan fingerprint density at radius 1 is 0.800 bits per heavy atom. The van der Waals surface area contributed by atoms with Crippen LogP contribution in [0, 0.1) is 0 Å². The summed E-state index contributed by atoms with van der Waals surface area (Å²) in [6, 6.07) is 28.4.